The molecule has 0 amide bonds. The van der Waals surface area contributed by atoms with Gasteiger partial charge in [-0.2, -0.15) is 0 Å². The van der Waals surface area contributed by atoms with Crippen molar-refractivity contribution < 1.29 is 14.2 Å². The zero-order chi connectivity index (χ0) is 16.5. The Morgan fingerprint density at radius 1 is 1.04 bits per heavy atom. The number of hydrazine groups is 1. The van der Waals surface area contributed by atoms with Gasteiger partial charge < -0.3 is 9.84 Å². The van der Waals surface area contributed by atoms with E-state index in [1.54, 1.807) is 0 Å². The van der Waals surface area contributed by atoms with Crippen LogP contribution in [0.25, 0.3) is 0 Å². The van der Waals surface area contributed by atoms with Gasteiger partial charge in [0.2, 0.25) is 0 Å². The van der Waals surface area contributed by atoms with Gasteiger partial charge in [0.25, 0.3) is 0 Å². The van der Waals surface area contributed by atoms with E-state index in [0.717, 1.165) is 32.1 Å². The molecule has 4 fully saturated rings. The van der Waals surface area contributed by atoms with E-state index in [2.05, 4.69) is 26.4 Å². The van der Waals surface area contributed by atoms with E-state index < -0.39 is 12.4 Å². The van der Waals surface area contributed by atoms with Crippen LogP contribution in [0.15, 0.2) is 0 Å². The van der Waals surface area contributed by atoms with Crippen LogP contribution in [0.4, 0.5) is 4.39 Å². The largest absolute Gasteiger partial charge is 0.378 e. The molecule has 4 rings (SSSR count). The van der Waals surface area contributed by atoms with Crippen molar-refractivity contribution in [1.82, 2.24) is 26.4 Å². The first-order valence-corrected chi connectivity index (χ1v) is 9.43. The number of piperidine rings is 1. The lowest BCUT2D eigenvalue weighted by atomic mass is 9.99. The molecule has 0 spiro atoms. The molecular weight excluding hydrogens is 313 g/mol. The molecule has 0 aromatic carbocycles. The highest BCUT2D eigenvalue weighted by molar-refractivity contribution is 4.98. The molecule has 4 aliphatic heterocycles. The molecule has 7 nitrogen and oxygen atoms in total. The Morgan fingerprint density at radius 2 is 1.92 bits per heavy atom. The highest BCUT2D eigenvalue weighted by Crippen LogP contribution is 2.28. The zero-order valence-electron chi connectivity index (χ0n) is 14.1. The molecule has 5 N–H and O–H groups in total. The number of nitrogens with one attached hydrogen (secondary N) is 4. The fourth-order valence-corrected chi connectivity index (χ4v) is 4.46. The molecule has 138 valence electrons. The van der Waals surface area contributed by atoms with Crippen LogP contribution in [-0.4, -0.2) is 66.8 Å². The van der Waals surface area contributed by atoms with Crippen LogP contribution in [0.3, 0.4) is 0 Å². The number of alkyl halides is 1. The first-order chi connectivity index (χ1) is 11.7. The minimum absolute atomic E-state index is 0.0202. The topological polar surface area (TPSA) is 80.8 Å². The van der Waals surface area contributed by atoms with E-state index in [9.17, 15) is 9.50 Å². The number of halogens is 1. The lowest BCUT2D eigenvalue weighted by molar-refractivity contribution is -0.0990. The summed E-state index contributed by atoms with van der Waals surface area (Å²) in [6.45, 7) is 1.74. The Bertz CT molecular complexity index is 431. The number of fused-ring (bicyclic) bond motifs is 3. The second kappa shape index (κ2) is 7.49. The fraction of sp³-hybridized carbons (Fsp3) is 1.00. The summed E-state index contributed by atoms with van der Waals surface area (Å²) in [5.74, 6) is 0.0666. The molecule has 0 saturated carbocycles. The third-order valence-electron chi connectivity index (χ3n) is 5.77. The molecular formula is C16H30FN5O2. The number of hydrogen-bond donors (Lipinski definition) is 5. The van der Waals surface area contributed by atoms with E-state index in [-0.39, 0.29) is 30.5 Å². The van der Waals surface area contributed by atoms with Gasteiger partial charge in [0.1, 0.15) is 18.6 Å². The van der Waals surface area contributed by atoms with Crippen molar-refractivity contribution in [2.75, 3.05) is 19.7 Å². The second-order valence-corrected chi connectivity index (χ2v) is 7.51. The standard InChI is InChI=1S/C16H30FN5O2/c17-10-7-12-15(18-8-10)22-14-11(9-19-22)16(23)21-13(20-14)5-3-1-2-4-6-24-12/h10-16,18-21,23H,1-9H2. The SMILES string of the molecule is OC1NC2CCCCCCOC3CC(F)CNC3N3NCC1C3N2. The second-order valence-electron chi connectivity index (χ2n) is 7.51. The third kappa shape index (κ3) is 3.46. The molecule has 4 saturated heterocycles. The molecule has 0 aromatic heterocycles. The van der Waals surface area contributed by atoms with E-state index >= 15 is 0 Å². The smallest absolute Gasteiger partial charge is 0.115 e. The van der Waals surface area contributed by atoms with Gasteiger partial charge in [0.15, 0.2) is 0 Å². The summed E-state index contributed by atoms with van der Waals surface area (Å²) in [7, 11) is 0. The molecule has 2 bridgehead atoms. The van der Waals surface area contributed by atoms with Crippen LogP contribution in [-0.2, 0) is 4.74 Å². The van der Waals surface area contributed by atoms with Gasteiger partial charge in [-0.1, -0.05) is 19.3 Å². The Kier molecular flexibility index (Phi) is 5.33. The van der Waals surface area contributed by atoms with Crippen molar-refractivity contribution in [2.45, 2.75) is 75.5 Å². The Hall–Kier alpha value is -0.350. The van der Waals surface area contributed by atoms with Gasteiger partial charge in [-0.3, -0.25) is 21.4 Å². The predicted octanol–water partition coefficient (Wildman–Crippen LogP) is -0.407. The summed E-state index contributed by atoms with van der Waals surface area (Å²) in [5.41, 5.74) is 3.40. The predicted molar refractivity (Wildman–Crippen MR) is 87.3 cm³/mol. The van der Waals surface area contributed by atoms with Crippen LogP contribution in [0, 0.1) is 5.92 Å². The van der Waals surface area contributed by atoms with Gasteiger partial charge in [-0.05, 0) is 12.8 Å². The summed E-state index contributed by atoms with van der Waals surface area (Å²) in [5, 5.41) is 22.8. The van der Waals surface area contributed by atoms with E-state index in [0.29, 0.717) is 26.1 Å². The number of ether oxygens (including phenoxy) is 1. The molecule has 0 aliphatic carbocycles. The third-order valence-corrected chi connectivity index (χ3v) is 5.77. The highest BCUT2D eigenvalue weighted by atomic mass is 19.1. The molecule has 8 heteroatoms. The highest BCUT2D eigenvalue weighted by Gasteiger charge is 2.48. The van der Waals surface area contributed by atoms with Crippen molar-refractivity contribution in [3.05, 3.63) is 0 Å². The van der Waals surface area contributed by atoms with Crippen LogP contribution in [0.2, 0.25) is 0 Å². The number of aliphatic hydroxyl groups excluding tert-OH is 1. The van der Waals surface area contributed by atoms with Crippen molar-refractivity contribution in [3.8, 4) is 0 Å². The fourth-order valence-electron chi connectivity index (χ4n) is 4.46. The number of nitrogens with zero attached hydrogens (tertiary/aromatic N) is 1. The normalized spacial score (nSPS) is 48.0. The Morgan fingerprint density at radius 3 is 2.83 bits per heavy atom. The molecule has 7 unspecified atom stereocenters. The lowest BCUT2D eigenvalue weighted by Crippen LogP contribution is -2.70. The van der Waals surface area contributed by atoms with Crippen molar-refractivity contribution in [3.63, 3.8) is 0 Å². The summed E-state index contributed by atoms with van der Waals surface area (Å²) in [6, 6.07) is 0. The van der Waals surface area contributed by atoms with Crippen LogP contribution in [0.1, 0.15) is 38.5 Å². The summed E-state index contributed by atoms with van der Waals surface area (Å²) in [6.07, 6.45) is 4.36. The van der Waals surface area contributed by atoms with E-state index in [4.69, 9.17) is 4.74 Å². The van der Waals surface area contributed by atoms with Gasteiger partial charge in [-0.15, -0.1) is 0 Å². The van der Waals surface area contributed by atoms with Gasteiger partial charge >= 0.3 is 0 Å². The lowest BCUT2D eigenvalue weighted by Gasteiger charge is -2.45. The van der Waals surface area contributed by atoms with Crippen LogP contribution >= 0.6 is 0 Å². The maximum atomic E-state index is 13.9. The molecule has 0 aromatic rings. The first kappa shape index (κ1) is 17.1. The summed E-state index contributed by atoms with van der Waals surface area (Å²) in [4.78, 5) is 0. The summed E-state index contributed by atoms with van der Waals surface area (Å²) < 4.78 is 19.9. The van der Waals surface area contributed by atoms with Crippen molar-refractivity contribution >= 4 is 0 Å². The van der Waals surface area contributed by atoms with Crippen LogP contribution < -0.4 is 21.4 Å². The van der Waals surface area contributed by atoms with Gasteiger partial charge in [0, 0.05) is 32.0 Å². The number of aliphatic hydroxyl groups is 1. The van der Waals surface area contributed by atoms with E-state index in [1.165, 1.54) is 0 Å². The average Bonchev–Trinajstić information content (AvgIpc) is 2.98. The van der Waals surface area contributed by atoms with E-state index in [1.807, 2.05) is 0 Å². The molecule has 0 radical (unpaired) electrons. The number of rotatable bonds is 0. The number of hydrogen-bond acceptors (Lipinski definition) is 7. The molecule has 7 atom stereocenters. The quantitative estimate of drug-likeness (QED) is 0.409. The first-order valence-electron chi connectivity index (χ1n) is 9.43. The maximum absolute atomic E-state index is 13.9. The monoisotopic (exact) mass is 343 g/mol. The Balaban J connectivity index is 1.55. The van der Waals surface area contributed by atoms with Crippen molar-refractivity contribution in [2.24, 2.45) is 5.92 Å². The maximum Gasteiger partial charge on any atom is 0.115 e. The molecule has 24 heavy (non-hydrogen) atoms. The minimum atomic E-state index is -0.861. The average molecular weight is 343 g/mol. The van der Waals surface area contributed by atoms with Crippen molar-refractivity contribution in [1.29, 1.82) is 0 Å². The molecule has 4 aliphatic rings. The van der Waals surface area contributed by atoms with Gasteiger partial charge in [0.05, 0.1) is 18.4 Å². The minimum Gasteiger partial charge on any atom is -0.378 e. The zero-order valence-corrected chi connectivity index (χ0v) is 14.1. The van der Waals surface area contributed by atoms with Gasteiger partial charge in [-0.25, -0.2) is 9.40 Å². The Labute approximate surface area is 142 Å². The van der Waals surface area contributed by atoms with Crippen LogP contribution in [0.5, 0.6) is 0 Å². The summed E-state index contributed by atoms with van der Waals surface area (Å²) >= 11 is 0. The molecule has 4 heterocycles.